The Morgan fingerprint density at radius 2 is 1.95 bits per heavy atom. The summed E-state index contributed by atoms with van der Waals surface area (Å²) < 4.78 is 34.7. The Balaban J connectivity index is 2.00. The van der Waals surface area contributed by atoms with Crippen LogP contribution in [0.5, 0.6) is 0 Å². The highest BCUT2D eigenvalue weighted by Crippen LogP contribution is 2.16. The molecule has 0 bridgehead atoms. The average Bonchev–Trinajstić information content (AvgIpc) is 3.01. The van der Waals surface area contributed by atoms with Gasteiger partial charge in [-0.3, -0.25) is 0 Å². The summed E-state index contributed by atoms with van der Waals surface area (Å²) in [6.07, 6.45) is 4.76. The molecule has 0 aliphatic rings. The van der Waals surface area contributed by atoms with E-state index < -0.39 is 17.6 Å². The molecule has 0 atom stereocenters. The standard InChI is InChI=1S/C15H13F2N3O2/c1-2-22-15(21)13-8-18-20-4-3-19(14(13)20)9-10-5-11(16)7-12(17)6-10/h3-8H,2,9H2,1H3. The number of benzene rings is 1. The maximum atomic E-state index is 13.3. The zero-order valence-corrected chi connectivity index (χ0v) is 11.8. The number of fused-ring (bicyclic) bond motifs is 1. The number of hydrogen-bond donors (Lipinski definition) is 0. The monoisotopic (exact) mass is 305 g/mol. The van der Waals surface area contributed by atoms with Gasteiger partial charge in [-0.2, -0.15) is 5.10 Å². The average molecular weight is 305 g/mol. The van der Waals surface area contributed by atoms with Crippen LogP contribution in [0.2, 0.25) is 0 Å². The zero-order valence-electron chi connectivity index (χ0n) is 11.8. The Morgan fingerprint density at radius 3 is 2.64 bits per heavy atom. The van der Waals surface area contributed by atoms with E-state index in [1.807, 2.05) is 0 Å². The van der Waals surface area contributed by atoms with Crippen LogP contribution >= 0.6 is 0 Å². The quantitative estimate of drug-likeness (QED) is 0.696. The summed E-state index contributed by atoms with van der Waals surface area (Å²) in [6.45, 7) is 2.18. The summed E-state index contributed by atoms with van der Waals surface area (Å²) in [4.78, 5) is 11.9. The minimum absolute atomic E-state index is 0.212. The summed E-state index contributed by atoms with van der Waals surface area (Å²) in [6, 6.07) is 3.32. The highest BCUT2D eigenvalue weighted by Gasteiger charge is 2.17. The van der Waals surface area contributed by atoms with Crippen LogP contribution in [0.1, 0.15) is 22.8 Å². The first kappa shape index (κ1) is 14.2. The normalized spacial score (nSPS) is 11.0. The van der Waals surface area contributed by atoms with Crippen molar-refractivity contribution in [2.45, 2.75) is 13.5 Å². The fourth-order valence-corrected chi connectivity index (χ4v) is 2.34. The van der Waals surface area contributed by atoms with Gasteiger partial charge in [-0.25, -0.2) is 18.1 Å². The summed E-state index contributed by atoms with van der Waals surface area (Å²) in [5, 5.41) is 4.07. The molecule has 7 heteroatoms. The third-order valence-corrected chi connectivity index (χ3v) is 3.20. The molecule has 114 valence electrons. The number of nitrogens with zero attached hydrogens (tertiary/aromatic N) is 3. The molecule has 2 aromatic heterocycles. The number of esters is 1. The van der Waals surface area contributed by atoms with Gasteiger partial charge in [-0.1, -0.05) is 0 Å². The van der Waals surface area contributed by atoms with Crippen molar-refractivity contribution in [3.8, 4) is 0 Å². The van der Waals surface area contributed by atoms with E-state index in [0.29, 0.717) is 16.8 Å². The van der Waals surface area contributed by atoms with Gasteiger partial charge in [0.25, 0.3) is 0 Å². The molecule has 0 radical (unpaired) electrons. The highest BCUT2D eigenvalue weighted by atomic mass is 19.1. The van der Waals surface area contributed by atoms with Gasteiger partial charge in [0.05, 0.1) is 12.8 Å². The van der Waals surface area contributed by atoms with Gasteiger partial charge in [-0.15, -0.1) is 0 Å². The number of rotatable bonds is 4. The van der Waals surface area contributed by atoms with E-state index in [1.165, 1.54) is 22.8 Å². The van der Waals surface area contributed by atoms with E-state index in [1.54, 1.807) is 23.9 Å². The van der Waals surface area contributed by atoms with Gasteiger partial charge >= 0.3 is 5.97 Å². The number of imidazole rings is 1. The lowest BCUT2D eigenvalue weighted by Crippen LogP contribution is -2.07. The van der Waals surface area contributed by atoms with Crippen LogP contribution < -0.4 is 0 Å². The number of ether oxygens (including phenoxy) is 1. The Kier molecular flexibility index (Phi) is 3.62. The molecule has 2 heterocycles. The van der Waals surface area contributed by atoms with Crippen molar-refractivity contribution in [3.05, 3.63) is 59.6 Å². The Bertz CT molecular complexity index is 818. The summed E-state index contributed by atoms with van der Waals surface area (Å²) >= 11 is 0. The van der Waals surface area contributed by atoms with Gasteiger partial charge in [0.15, 0.2) is 5.65 Å². The molecule has 0 saturated heterocycles. The summed E-state index contributed by atoms with van der Waals surface area (Å²) in [5.74, 6) is -1.77. The topological polar surface area (TPSA) is 48.5 Å². The molecule has 0 saturated carbocycles. The van der Waals surface area contributed by atoms with E-state index >= 15 is 0 Å². The Morgan fingerprint density at radius 1 is 1.23 bits per heavy atom. The van der Waals surface area contributed by atoms with Crippen LogP contribution in [0, 0.1) is 11.6 Å². The second-order valence-corrected chi connectivity index (χ2v) is 4.75. The SMILES string of the molecule is CCOC(=O)c1cnn2ccn(Cc3cc(F)cc(F)c3)c12. The van der Waals surface area contributed by atoms with Crippen LogP contribution in [0.15, 0.2) is 36.8 Å². The Labute approximate surface area is 124 Å². The molecular weight excluding hydrogens is 292 g/mol. The molecule has 0 unspecified atom stereocenters. The van der Waals surface area contributed by atoms with Crippen molar-refractivity contribution in [1.82, 2.24) is 14.2 Å². The van der Waals surface area contributed by atoms with Crippen LogP contribution in [0.3, 0.4) is 0 Å². The van der Waals surface area contributed by atoms with E-state index in [4.69, 9.17) is 4.74 Å². The maximum absolute atomic E-state index is 13.3. The highest BCUT2D eigenvalue weighted by molar-refractivity contribution is 5.95. The molecule has 0 N–H and O–H groups in total. The third kappa shape index (κ3) is 2.57. The van der Waals surface area contributed by atoms with Crippen LogP contribution in [0.25, 0.3) is 5.65 Å². The minimum atomic E-state index is -0.641. The second-order valence-electron chi connectivity index (χ2n) is 4.75. The summed E-state index contributed by atoms with van der Waals surface area (Å²) in [5.41, 5.74) is 1.28. The van der Waals surface area contributed by atoms with Gasteiger partial charge < -0.3 is 9.30 Å². The molecule has 3 rings (SSSR count). The van der Waals surface area contributed by atoms with Crippen molar-refractivity contribution >= 4 is 11.6 Å². The summed E-state index contributed by atoms with van der Waals surface area (Å²) in [7, 11) is 0. The van der Waals surface area contributed by atoms with Gasteiger partial charge in [0.2, 0.25) is 0 Å². The smallest absolute Gasteiger partial charge is 0.343 e. The number of aromatic nitrogens is 3. The van der Waals surface area contributed by atoms with Crippen molar-refractivity contribution in [2.24, 2.45) is 0 Å². The molecule has 0 aliphatic heterocycles. The fourth-order valence-electron chi connectivity index (χ4n) is 2.34. The second kappa shape index (κ2) is 5.59. The van der Waals surface area contributed by atoms with Crippen LogP contribution in [-0.4, -0.2) is 26.8 Å². The largest absolute Gasteiger partial charge is 0.462 e. The molecule has 0 aliphatic carbocycles. The van der Waals surface area contributed by atoms with Crippen molar-refractivity contribution in [2.75, 3.05) is 6.61 Å². The molecule has 0 fully saturated rings. The first-order valence-corrected chi connectivity index (χ1v) is 6.73. The number of carbonyl (C=O) groups is 1. The molecule has 3 aromatic rings. The number of carbonyl (C=O) groups excluding carboxylic acids is 1. The lowest BCUT2D eigenvalue weighted by molar-refractivity contribution is 0.0528. The first-order valence-electron chi connectivity index (χ1n) is 6.73. The lowest BCUT2D eigenvalue weighted by atomic mass is 10.2. The maximum Gasteiger partial charge on any atom is 0.343 e. The van der Waals surface area contributed by atoms with E-state index in [9.17, 15) is 13.6 Å². The lowest BCUT2D eigenvalue weighted by Gasteiger charge is -2.06. The van der Waals surface area contributed by atoms with E-state index in [2.05, 4.69) is 5.10 Å². The van der Waals surface area contributed by atoms with Gasteiger partial charge in [0, 0.05) is 25.0 Å². The molecule has 1 aromatic carbocycles. The Hall–Kier alpha value is -2.70. The molecule has 0 spiro atoms. The molecule has 0 amide bonds. The van der Waals surface area contributed by atoms with E-state index in [-0.39, 0.29) is 13.2 Å². The third-order valence-electron chi connectivity index (χ3n) is 3.20. The van der Waals surface area contributed by atoms with Crippen molar-refractivity contribution in [1.29, 1.82) is 0 Å². The number of hydrogen-bond acceptors (Lipinski definition) is 3. The van der Waals surface area contributed by atoms with E-state index in [0.717, 1.165) is 6.07 Å². The zero-order chi connectivity index (χ0) is 15.7. The van der Waals surface area contributed by atoms with Crippen molar-refractivity contribution in [3.63, 3.8) is 0 Å². The predicted octanol–water partition coefficient (Wildman–Crippen LogP) is 2.64. The fraction of sp³-hybridized carbons (Fsp3) is 0.200. The molecular formula is C15H13F2N3O2. The van der Waals surface area contributed by atoms with Gasteiger partial charge in [0.1, 0.15) is 17.2 Å². The minimum Gasteiger partial charge on any atom is -0.462 e. The molecule has 22 heavy (non-hydrogen) atoms. The van der Waals surface area contributed by atoms with Crippen molar-refractivity contribution < 1.29 is 18.3 Å². The first-order chi connectivity index (χ1) is 10.6. The number of halogens is 2. The molecule has 5 nitrogen and oxygen atoms in total. The van der Waals surface area contributed by atoms with Crippen LogP contribution in [0.4, 0.5) is 8.78 Å². The van der Waals surface area contributed by atoms with Crippen LogP contribution in [-0.2, 0) is 11.3 Å². The van der Waals surface area contributed by atoms with Gasteiger partial charge in [-0.05, 0) is 24.6 Å². The predicted molar refractivity (Wildman–Crippen MR) is 74.6 cm³/mol.